The molecule has 2 heterocycles. The Morgan fingerprint density at radius 1 is 1.41 bits per heavy atom. The fourth-order valence-corrected chi connectivity index (χ4v) is 3.55. The van der Waals surface area contributed by atoms with Gasteiger partial charge in [0.05, 0.1) is 5.75 Å². The third-order valence-corrected chi connectivity index (χ3v) is 4.75. The number of hydrogen-bond acceptors (Lipinski definition) is 5. The van der Waals surface area contributed by atoms with Gasteiger partial charge in [-0.2, -0.15) is 0 Å². The number of halogens is 1. The maximum atomic E-state index is 12.0. The molecule has 0 spiro atoms. The van der Waals surface area contributed by atoms with Crippen LogP contribution in [0.4, 0.5) is 0 Å². The van der Waals surface area contributed by atoms with Crippen LogP contribution in [0, 0.1) is 5.92 Å². The van der Waals surface area contributed by atoms with Gasteiger partial charge in [-0.15, -0.1) is 10.2 Å². The molecular weight excluding hydrogens is 262 g/mol. The molecule has 17 heavy (non-hydrogen) atoms. The second kappa shape index (κ2) is 5.29. The summed E-state index contributed by atoms with van der Waals surface area (Å²) >= 11 is 5.58. The van der Waals surface area contributed by atoms with Crippen LogP contribution in [0.25, 0.3) is 0 Å². The smallest absolute Gasteiger partial charge is 0.197 e. The van der Waals surface area contributed by atoms with E-state index in [-0.39, 0.29) is 21.8 Å². The van der Waals surface area contributed by atoms with Gasteiger partial charge in [0.15, 0.2) is 20.0 Å². The summed E-state index contributed by atoms with van der Waals surface area (Å²) in [5, 5.41) is 10.6. The van der Waals surface area contributed by atoms with Crippen molar-refractivity contribution in [3.05, 3.63) is 17.3 Å². The largest absolute Gasteiger partial charge is 0.316 e. The van der Waals surface area contributed by atoms with Gasteiger partial charge in [0, 0.05) is 0 Å². The second-order valence-electron chi connectivity index (χ2n) is 4.19. The molecule has 2 rings (SSSR count). The van der Waals surface area contributed by atoms with Crippen LogP contribution < -0.4 is 5.32 Å². The van der Waals surface area contributed by atoms with Gasteiger partial charge in [-0.1, -0.05) is 11.6 Å². The summed E-state index contributed by atoms with van der Waals surface area (Å²) in [4.78, 5) is 0. The van der Waals surface area contributed by atoms with Crippen molar-refractivity contribution in [2.75, 3.05) is 18.8 Å². The topological polar surface area (TPSA) is 72.0 Å². The van der Waals surface area contributed by atoms with Gasteiger partial charge in [0.25, 0.3) is 0 Å². The Balaban J connectivity index is 2.10. The van der Waals surface area contributed by atoms with E-state index in [1.165, 1.54) is 12.1 Å². The summed E-state index contributed by atoms with van der Waals surface area (Å²) in [5.74, 6) is 0.280. The molecule has 1 aromatic rings. The molecule has 7 heteroatoms. The summed E-state index contributed by atoms with van der Waals surface area (Å²) in [5.41, 5.74) is 0. The van der Waals surface area contributed by atoms with Crippen molar-refractivity contribution in [1.82, 2.24) is 15.5 Å². The lowest BCUT2D eigenvalue weighted by Gasteiger charge is -2.22. The first-order chi connectivity index (χ1) is 8.08. The lowest BCUT2D eigenvalue weighted by molar-refractivity contribution is 0.403. The van der Waals surface area contributed by atoms with E-state index in [0.29, 0.717) is 0 Å². The molecule has 1 aliphatic heterocycles. The van der Waals surface area contributed by atoms with Crippen LogP contribution in [0.5, 0.6) is 0 Å². The Morgan fingerprint density at radius 3 is 2.82 bits per heavy atom. The first-order valence-electron chi connectivity index (χ1n) is 5.50. The highest BCUT2D eigenvalue weighted by molar-refractivity contribution is 7.91. The molecule has 1 fully saturated rings. The Morgan fingerprint density at radius 2 is 2.24 bits per heavy atom. The first-order valence-corrected chi connectivity index (χ1v) is 7.54. The zero-order chi connectivity index (χ0) is 12.3. The Labute approximate surface area is 106 Å². The van der Waals surface area contributed by atoms with Crippen LogP contribution >= 0.6 is 11.6 Å². The molecule has 1 saturated heterocycles. The Hall–Kier alpha value is -0.720. The van der Waals surface area contributed by atoms with Crippen LogP contribution in [-0.2, 0) is 9.84 Å². The Kier molecular flexibility index (Phi) is 3.96. The summed E-state index contributed by atoms with van der Waals surface area (Å²) in [6, 6.07) is 2.85. The molecule has 0 radical (unpaired) electrons. The molecule has 0 saturated carbocycles. The normalized spacial score (nSPS) is 21.4. The molecule has 1 aromatic heterocycles. The van der Waals surface area contributed by atoms with Crippen molar-refractivity contribution >= 4 is 21.4 Å². The number of sulfone groups is 1. The second-order valence-corrected chi connectivity index (χ2v) is 6.56. The number of aromatic nitrogens is 2. The predicted molar refractivity (Wildman–Crippen MR) is 64.7 cm³/mol. The molecular formula is C10H14ClN3O2S. The average Bonchev–Trinajstić information content (AvgIpc) is 2.30. The van der Waals surface area contributed by atoms with Crippen LogP contribution in [0.2, 0.25) is 5.15 Å². The highest BCUT2D eigenvalue weighted by atomic mass is 35.5. The molecule has 1 N–H and O–H groups in total. The van der Waals surface area contributed by atoms with E-state index in [4.69, 9.17) is 11.6 Å². The van der Waals surface area contributed by atoms with Crippen LogP contribution in [-0.4, -0.2) is 37.5 Å². The molecule has 0 bridgehead atoms. The SMILES string of the molecule is O=S(=O)(C[C@H]1CCCNC1)c1ccc(Cl)nn1. The molecule has 94 valence electrons. The minimum atomic E-state index is -3.35. The summed E-state index contributed by atoms with van der Waals surface area (Å²) in [7, 11) is -3.35. The van der Waals surface area contributed by atoms with Crippen molar-refractivity contribution in [3.63, 3.8) is 0 Å². The van der Waals surface area contributed by atoms with E-state index in [1.807, 2.05) is 0 Å². The lowest BCUT2D eigenvalue weighted by atomic mass is 10.0. The summed E-state index contributed by atoms with van der Waals surface area (Å²) < 4.78 is 24.1. The molecule has 0 aromatic carbocycles. The van der Waals surface area contributed by atoms with E-state index in [1.54, 1.807) is 0 Å². The summed E-state index contributed by atoms with van der Waals surface area (Å²) in [6.07, 6.45) is 1.96. The summed E-state index contributed by atoms with van der Waals surface area (Å²) in [6.45, 7) is 1.72. The van der Waals surface area contributed by atoms with E-state index in [2.05, 4.69) is 15.5 Å². The third kappa shape index (κ3) is 3.37. The van der Waals surface area contributed by atoms with Gasteiger partial charge in [-0.25, -0.2) is 8.42 Å². The highest BCUT2D eigenvalue weighted by Crippen LogP contribution is 2.17. The zero-order valence-electron chi connectivity index (χ0n) is 9.26. The Bertz CT molecular complexity index is 469. The fraction of sp³-hybridized carbons (Fsp3) is 0.600. The molecule has 0 aliphatic carbocycles. The van der Waals surface area contributed by atoms with E-state index < -0.39 is 9.84 Å². The van der Waals surface area contributed by atoms with Crippen LogP contribution in [0.1, 0.15) is 12.8 Å². The maximum absolute atomic E-state index is 12.0. The number of piperidine rings is 1. The molecule has 1 atom stereocenters. The molecule has 0 unspecified atom stereocenters. The van der Waals surface area contributed by atoms with E-state index >= 15 is 0 Å². The maximum Gasteiger partial charge on any atom is 0.197 e. The zero-order valence-corrected chi connectivity index (χ0v) is 10.8. The average molecular weight is 276 g/mol. The lowest BCUT2D eigenvalue weighted by Crippen LogP contribution is -2.34. The van der Waals surface area contributed by atoms with Gasteiger partial charge < -0.3 is 5.32 Å². The standard InChI is InChI=1S/C10H14ClN3O2S/c11-9-3-4-10(14-13-9)17(15,16)7-8-2-1-5-12-6-8/h3-4,8,12H,1-2,5-7H2/t8-/m0/s1. The minimum absolute atomic E-state index is 0.00692. The molecule has 1 aliphatic rings. The van der Waals surface area contributed by atoms with Crippen molar-refractivity contribution < 1.29 is 8.42 Å². The number of nitrogens with one attached hydrogen (secondary N) is 1. The van der Waals surface area contributed by atoms with Crippen LogP contribution in [0.3, 0.4) is 0 Å². The van der Waals surface area contributed by atoms with Crippen molar-refractivity contribution in [2.24, 2.45) is 5.92 Å². The fourth-order valence-electron chi connectivity index (χ4n) is 1.93. The first kappa shape index (κ1) is 12.7. The van der Waals surface area contributed by atoms with Gasteiger partial charge in [-0.05, 0) is 44.0 Å². The van der Waals surface area contributed by atoms with Crippen LogP contribution in [0.15, 0.2) is 17.2 Å². The van der Waals surface area contributed by atoms with Gasteiger partial charge in [0.1, 0.15) is 0 Å². The van der Waals surface area contributed by atoms with Crippen molar-refractivity contribution in [2.45, 2.75) is 17.9 Å². The minimum Gasteiger partial charge on any atom is -0.316 e. The number of hydrogen-bond donors (Lipinski definition) is 1. The number of rotatable bonds is 3. The monoisotopic (exact) mass is 275 g/mol. The molecule has 0 amide bonds. The number of nitrogens with zero attached hydrogens (tertiary/aromatic N) is 2. The van der Waals surface area contributed by atoms with E-state index in [0.717, 1.165) is 25.9 Å². The quantitative estimate of drug-likeness (QED) is 0.887. The van der Waals surface area contributed by atoms with Crippen molar-refractivity contribution in [3.8, 4) is 0 Å². The third-order valence-electron chi connectivity index (χ3n) is 2.78. The van der Waals surface area contributed by atoms with Gasteiger partial charge >= 0.3 is 0 Å². The highest BCUT2D eigenvalue weighted by Gasteiger charge is 2.24. The van der Waals surface area contributed by atoms with Gasteiger partial charge in [-0.3, -0.25) is 0 Å². The van der Waals surface area contributed by atoms with Gasteiger partial charge in [0.2, 0.25) is 0 Å². The molecule has 5 nitrogen and oxygen atoms in total. The predicted octanol–water partition coefficient (Wildman–Crippen LogP) is 0.903. The van der Waals surface area contributed by atoms with Crippen molar-refractivity contribution in [1.29, 1.82) is 0 Å². The van der Waals surface area contributed by atoms with E-state index in [9.17, 15) is 8.42 Å².